The van der Waals surface area contributed by atoms with Crippen LogP contribution in [0.4, 0.5) is 10.5 Å². The van der Waals surface area contributed by atoms with E-state index in [1.807, 2.05) is 41.3 Å². The molecule has 1 aliphatic rings. The van der Waals surface area contributed by atoms with Gasteiger partial charge in [0, 0.05) is 13.0 Å². The molecule has 39 heavy (non-hydrogen) atoms. The fourth-order valence-corrected chi connectivity index (χ4v) is 4.70. The number of nitrogens with zero attached hydrogens (tertiary/aromatic N) is 1. The van der Waals surface area contributed by atoms with Crippen molar-refractivity contribution in [2.75, 3.05) is 24.6 Å². The van der Waals surface area contributed by atoms with Gasteiger partial charge in [0.05, 0.1) is 18.8 Å². The van der Waals surface area contributed by atoms with Crippen molar-refractivity contribution in [1.82, 2.24) is 0 Å². The Kier molecular flexibility index (Phi) is 10.1. The maximum Gasteiger partial charge on any atom is 0.508 e. The molecule has 0 aliphatic carbocycles. The van der Waals surface area contributed by atoms with Crippen LogP contribution in [0.5, 0.6) is 11.5 Å². The molecule has 0 spiro atoms. The van der Waals surface area contributed by atoms with Crippen molar-refractivity contribution >= 4 is 17.8 Å². The third-order valence-electron chi connectivity index (χ3n) is 6.66. The minimum absolute atomic E-state index is 0.0320. The summed E-state index contributed by atoms with van der Waals surface area (Å²) in [6, 6.07) is 24.4. The van der Waals surface area contributed by atoms with E-state index >= 15 is 0 Å². The van der Waals surface area contributed by atoms with Gasteiger partial charge in [-0.05, 0) is 73.4 Å². The van der Waals surface area contributed by atoms with Gasteiger partial charge in [0.25, 0.3) is 6.29 Å². The largest absolute Gasteiger partial charge is 0.508 e. The number of unbranched alkanes of at least 4 members (excludes halogenated alkanes) is 1. The van der Waals surface area contributed by atoms with Crippen molar-refractivity contribution in [2.45, 2.75) is 51.2 Å². The Morgan fingerprint density at radius 1 is 0.846 bits per heavy atom. The summed E-state index contributed by atoms with van der Waals surface area (Å²) in [4.78, 5) is 24.1. The molecule has 1 unspecified atom stereocenters. The van der Waals surface area contributed by atoms with E-state index in [2.05, 4.69) is 36.4 Å². The first-order valence-electron chi connectivity index (χ1n) is 13.4. The van der Waals surface area contributed by atoms with Gasteiger partial charge in [0.1, 0.15) is 5.75 Å². The lowest BCUT2D eigenvalue weighted by atomic mass is 10.0. The molecule has 1 atom stereocenters. The van der Waals surface area contributed by atoms with E-state index in [1.54, 1.807) is 0 Å². The minimum atomic E-state index is -1.41. The predicted molar refractivity (Wildman–Crippen MR) is 148 cm³/mol. The monoisotopic (exact) mass is 533 g/mol. The summed E-state index contributed by atoms with van der Waals surface area (Å²) in [6.45, 7) is 1.34. The standard InChI is InChI=1S/C31H35NO7/c33-28(34)13-7-20-32-22-29(39-31(35)36)38-30-25(11-6-12-27(30)32)17-14-24-15-18-26(19-16-24)37-21-5-4-10-23-8-2-1-3-9-23/h1-3,6,8-9,11-12,15-16,18-19,29H,4-5,7,10,13-14,17,20-22H2,(H,33,34)(H,35,36). The normalized spacial score (nSPS) is 14.3. The molecule has 206 valence electrons. The van der Waals surface area contributed by atoms with E-state index in [1.165, 1.54) is 5.56 Å². The molecule has 8 heteroatoms. The summed E-state index contributed by atoms with van der Waals surface area (Å²) >= 11 is 0. The fraction of sp³-hybridized carbons (Fsp3) is 0.355. The van der Waals surface area contributed by atoms with E-state index in [0.29, 0.717) is 31.7 Å². The Bertz CT molecular complexity index is 1210. The third-order valence-corrected chi connectivity index (χ3v) is 6.66. The lowest BCUT2D eigenvalue weighted by molar-refractivity contribution is -0.137. The van der Waals surface area contributed by atoms with E-state index in [9.17, 15) is 9.59 Å². The molecule has 0 saturated heterocycles. The SMILES string of the molecule is O=C(O)CCCN1CC(OC(=O)O)Oc2c(CCc3ccc(OCCCCc4ccccc4)cc3)cccc21. The zero-order valence-corrected chi connectivity index (χ0v) is 22.0. The summed E-state index contributed by atoms with van der Waals surface area (Å²) < 4.78 is 16.8. The number of benzene rings is 3. The van der Waals surface area contributed by atoms with Crippen molar-refractivity contribution in [3.8, 4) is 11.5 Å². The molecule has 0 radical (unpaired) electrons. The second kappa shape index (κ2) is 14.1. The second-order valence-corrected chi connectivity index (χ2v) is 9.57. The first kappa shape index (κ1) is 27.8. The molecule has 0 amide bonds. The number of para-hydroxylation sites is 1. The quantitative estimate of drug-likeness (QED) is 0.193. The topological polar surface area (TPSA) is 106 Å². The van der Waals surface area contributed by atoms with Crippen molar-refractivity contribution in [3.05, 3.63) is 89.5 Å². The molecule has 3 aromatic carbocycles. The summed E-state index contributed by atoms with van der Waals surface area (Å²) in [5.74, 6) is 0.570. The number of ether oxygens (including phenoxy) is 3. The second-order valence-electron chi connectivity index (χ2n) is 9.57. The molecule has 0 fully saturated rings. The molecule has 8 nitrogen and oxygen atoms in total. The van der Waals surface area contributed by atoms with Crippen LogP contribution >= 0.6 is 0 Å². The molecule has 1 heterocycles. The zero-order chi connectivity index (χ0) is 27.5. The molecule has 4 rings (SSSR count). The van der Waals surface area contributed by atoms with Crippen molar-refractivity contribution < 1.29 is 34.0 Å². The van der Waals surface area contributed by atoms with Gasteiger partial charge in [-0.1, -0.05) is 54.6 Å². The molecule has 3 aromatic rings. The van der Waals surface area contributed by atoms with Crippen LogP contribution in [-0.2, 0) is 28.8 Å². The predicted octanol–water partition coefficient (Wildman–Crippen LogP) is 5.96. The van der Waals surface area contributed by atoms with Gasteiger partial charge in [-0.2, -0.15) is 0 Å². The number of rotatable bonds is 14. The van der Waals surface area contributed by atoms with Crippen molar-refractivity contribution in [1.29, 1.82) is 0 Å². The van der Waals surface area contributed by atoms with Gasteiger partial charge < -0.3 is 29.3 Å². The first-order valence-corrected chi connectivity index (χ1v) is 13.4. The molecule has 1 aliphatic heterocycles. The van der Waals surface area contributed by atoms with Crippen LogP contribution < -0.4 is 14.4 Å². The Balaban J connectivity index is 1.31. The van der Waals surface area contributed by atoms with Gasteiger partial charge in [0.2, 0.25) is 0 Å². The average Bonchev–Trinajstić information content (AvgIpc) is 2.92. The summed E-state index contributed by atoms with van der Waals surface area (Å²) in [5, 5.41) is 18.1. The van der Waals surface area contributed by atoms with Crippen LogP contribution in [0.1, 0.15) is 42.4 Å². The Labute approximate surface area is 228 Å². The van der Waals surface area contributed by atoms with E-state index < -0.39 is 18.4 Å². The van der Waals surface area contributed by atoms with Crippen LogP contribution in [0.2, 0.25) is 0 Å². The molecular formula is C31H35NO7. The first-order chi connectivity index (χ1) is 19.0. The van der Waals surface area contributed by atoms with Gasteiger partial charge in [0.15, 0.2) is 5.75 Å². The smallest absolute Gasteiger partial charge is 0.494 e. The molecule has 0 aromatic heterocycles. The third kappa shape index (κ3) is 8.67. The molecule has 0 bridgehead atoms. The Hall–Kier alpha value is -4.20. The van der Waals surface area contributed by atoms with Crippen LogP contribution in [0.25, 0.3) is 0 Å². The molecule has 2 N–H and O–H groups in total. The van der Waals surface area contributed by atoms with Crippen molar-refractivity contribution in [2.24, 2.45) is 0 Å². The lowest BCUT2D eigenvalue weighted by Gasteiger charge is -2.36. The van der Waals surface area contributed by atoms with Crippen molar-refractivity contribution in [3.63, 3.8) is 0 Å². The van der Waals surface area contributed by atoms with E-state index in [4.69, 9.17) is 24.4 Å². The number of hydrogen-bond acceptors (Lipinski definition) is 6. The van der Waals surface area contributed by atoms with E-state index in [0.717, 1.165) is 48.2 Å². The highest BCUT2D eigenvalue weighted by atomic mass is 16.8. The van der Waals surface area contributed by atoms with Gasteiger partial charge >= 0.3 is 12.1 Å². The Morgan fingerprint density at radius 3 is 2.36 bits per heavy atom. The summed E-state index contributed by atoms with van der Waals surface area (Å²) in [7, 11) is 0. The molecule has 0 saturated carbocycles. The lowest BCUT2D eigenvalue weighted by Crippen LogP contribution is -2.43. The number of hydrogen-bond donors (Lipinski definition) is 2. The van der Waals surface area contributed by atoms with Crippen LogP contribution in [0.3, 0.4) is 0 Å². The van der Waals surface area contributed by atoms with Gasteiger partial charge in [-0.3, -0.25) is 4.79 Å². The number of aryl methyl sites for hydroxylation is 3. The molecular weight excluding hydrogens is 498 g/mol. The van der Waals surface area contributed by atoms with Crippen LogP contribution in [0, 0.1) is 0 Å². The van der Waals surface area contributed by atoms with Gasteiger partial charge in [-0.15, -0.1) is 0 Å². The number of carbonyl (C=O) groups is 2. The number of carboxylic acid groups (broad SMARTS) is 2. The average molecular weight is 534 g/mol. The van der Waals surface area contributed by atoms with Crippen LogP contribution in [-0.4, -0.2) is 48.3 Å². The fourth-order valence-electron chi connectivity index (χ4n) is 4.70. The van der Waals surface area contributed by atoms with Crippen LogP contribution in [0.15, 0.2) is 72.8 Å². The maximum absolute atomic E-state index is 11.2. The number of fused-ring (bicyclic) bond motifs is 1. The Morgan fingerprint density at radius 2 is 1.62 bits per heavy atom. The highest BCUT2D eigenvalue weighted by molar-refractivity contribution is 5.67. The zero-order valence-electron chi connectivity index (χ0n) is 22.0. The summed E-state index contributed by atoms with van der Waals surface area (Å²) in [5.41, 5.74) is 4.26. The maximum atomic E-state index is 11.2. The van der Waals surface area contributed by atoms with E-state index in [-0.39, 0.29) is 13.0 Å². The van der Waals surface area contributed by atoms with Gasteiger partial charge in [-0.25, -0.2) is 4.79 Å². The minimum Gasteiger partial charge on any atom is -0.494 e. The highest BCUT2D eigenvalue weighted by Gasteiger charge is 2.30. The highest BCUT2D eigenvalue weighted by Crippen LogP contribution is 2.37. The summed E-state index contributed by atoms with van der Waals surface area (Å²) in [6.07, 6.45) is 2.65. The number of anilines is 1. The number of aliphatic carboxylic acids is 1. The number of carboxylic acids is 1.